The van der Waals surface area contributed by atoms with Crippen molar-refractivity contribution in [3.05, 3.63) is 78.0 Å². The fourth-order valence-corrected chi connectivity index (χ4v) is 2.65. The van der Waals surface area contributed by atoms with Crippen molar-refractivity contribution >= 4 is 34.7 Å². The van der Waals surface area contributed by atoms with Crippen molar-refractivity contribution in [2.45, 2.75) is 6.92 Å². The Labute approximate surface area is 150 Å². The van der Waals surface area contributed by atoms with Gasteiger partial charge < -0.3 is 20.5 Å². The number of nitrogens with one attached hydrogen (secondary N) is 2. The Balaban J connectivity index is 2.07. The van der Waals surface area contributed by atoms with Crippen LogP contribution in [-0.2, 0) is 9.59 Å². The zero-order chi connectivity index (χ0) is 18.5. The topological polar surface area (TPSA) is 93.6 Å². The third kappa shape index (κ3) is 3.87. The van der Waals surface area contributed by atoms with Crippen LogP contribution < -0.4 is 15.7 Å². The monoisotopic (exact) mass is 346 g/mol. The summed E-state index contributed by atoms with van der Waals surface area (Å²) in [4.78, 5) is 27.2. The number of hydrogen-bond acceptors (Lipinski definition) is 5. The third-order valence-corrected chi connectivity index (χ3v) is 3.75. The first kappa shape index (κ1) is 17.2. The Morgan fingerprint density at radius 1 is 1.04 bits per heavy atom. The molecule has 1 aliphatic heterocycles. The van der Waals surface area contributed by atoms with E-state index >= 15 is 0 Å². The maximum atomic E-state index is 12.1. The maximum Gasteiger partial charge on any atom is 0.249 e. The van der Waals surface area contributed by atoms with Gasteiger partial charge in [0, 0.05) is 17.3 Å². The lowest BCUT2D eigenvalue weighted by Crippen LogP contribution is -2.31. The zero-order valence-electron chi connectivity index (χ0n) is 14.0. The van der Waals surface area contributed by atoms with Crippen LogP contribution in [0.1, 0.15) is 12.5 Å². The Kier molecular flexibility index (Phi) is 4.94. The number of allylic oxidation sites excluding steroid dienone is 1. The Morgan fingerprint density at radius 2 is 1.73 bits per heavy atom. The van der Waals surface area contributed by atoms with Crippen LogP contribution in [0.2, 0.25) is 0 Å². The van der Waals surface area contributed by atoms with E-state index in [1.807, 2.05) is 61.5 Å². The van der Waals surface area contributed by atoms with Gasteiger partial charge in [-0.1, -0.05) is 42.5 Å². The number of nitrogens with zero attached hydrogens (tertiary/aromatic N) is 1. The molecule has 0 fully saturated rings. The number of anilines is 1. The molecule has 0 aliphatic carbocycles. The molecule has 0 atom stereocenters. The molecule has 0 spiro atoms. The van der Waals surface area contributed by atoms with Gasteiger partial charge in [-0.25, -0.2) is 4.99 Å². The predicted octanol–water partition coefficient (Wildman–Crippen LogP) is 2.00. The number of hydrogen-bond donors (Lipinski definition) is 2. The van der Waals surface area contributed by atoms with E-state index in [1.165, 1.54) is 0 Å². The van der Waals surface area contributed by atoms with E-state index in [0.29, 0.717) is 17.6 Å². The summed E-state index contributed by atoms with van der Waals surface area (Å²) < 4.78 is 0. The van der Waals surface area contributed by atoms with Gasteiger partial charge in [0.15, 0.2) is 0 Å². The fraction of sp³-hybridized carbons (Fsp3) is 0.0500. The van der Waals surface area contributed by atoms with Crippen molar-refractivity contribution < 1.29 is 14.7 Å². The molecule has 0 bridgehead atoms. The van der Waals surface area contributed by atoms with E-state index in [-0.39, 0.29) is 0 Å². The third-order valence-electron chi connectivity index (χ3n) is 3.75. The van der Waals surface area contributed by atoms with Gasteiger partial charge in [-0.2, -0.15) is 0 Å². The highest BCUT2D eigenvalue weighted by Gasteiger charge is 2.19. The van der Waals surface area contributed by atoms with Crippen LogP contribution in [0.15, 0.2) is 77.4 Å². The molecule has 2 N–H and O–H groups in total. The average molecular weight is 346 g/mol. The molecule has 26 heavy (non-hydrogen) atoms. The fourth-order valence-electron chi connectivity index (χ4n) is 2.65. The highest BCUT2D eigenvalue weighted by atomic mass is 16.4. The number of para-hydroxylation sites is 2. The van der Waals surface area contributed by atoms with E-state index in [9.17, 15) is 14.7 Å². The molecular formula is C20H16N3O3-. The molecule has 1 heterocycles. The van der Waals surface area contributed by atoms with Crippen LogP contribution >= 0.6 is 0 Å². The lowest BCUT2D eigenvalue weighted by atomic mass is 10.0. The molecule has 6 heteroatoms. The van der Waals surface area contributed by atoms with Gasteiger partial charge in [0.25, 0.3) is 0 Å². The molecule has 0 unspecified atom stereocenters. The summed E-state index contributed by atoms with van der Waals surface area (Å²) in [6.07, 6.45) is 1.58. The second kappa shape index (κ2) is 7.48. The number of carboxylic acids is 1. The lowest BCUT2D eigenvalue weighted by Gasteiger charge is -2.14. The number of fused-ring (bicyclic) bond motifs is 1. The van der Waals surface area contributed by atoms with E-state index < -0.39 is 11.9 Å². The highest BCUT2D eigenvalue weighted by molar-refractivity contribution is 6.29. The number of carboxylic acid groups (broad SMARTS) is 1. The van der Waals surface area contributed by atoms with Gasteiger partial charge in [0.05, 0.1) is 17.3 Å². The van der Waals surface area contributed by atoms with Gasteiger partial charge in [-0.05, 0) is 30.7 Å². The SMILES string of the molecule is CC1=C(c2ccccc2)C(NC(=O)C=CC(=O)[O-])=Nc2ccccc2N1. The van der Waals surface area contributed by atoms with E-state index in [1.54, 1.807) is 0 Å². The Morgan fingerprint density at radius 3 is 2.46 bits per heavy atom. The summed E-state index contributed by atoms with van der Waals surface area (Å²) in [5, 5.41) is 16.5. The second-order valence-corrected chi connectivity index (χ2v) is 5.61. The minimum absolute atomic E-state index is 0.333. The van der Waals surface area contributed by atoms with E-state index in [2.05, 4.69) is 15.6 Å². The van der Waals surface area contributed by atoms with Crippen molar-refractivity contribution in [2.24, 2.45) is 4.99 Å². The molecule has 3 rings (SSSR count). The molecule has 0 saturated carbocycles. The molecule has 130 valence electrons. The summed E-state index contributed by atoms with van der Waals surface area (Å²) in [5.41, 5.74) is 3.87. The number of amides is 1. The summed E-state index contributed by atoms with van der Waals surface area (Å²) in [6, 6.07) is 17.0. The number of carbonyl (C=O) groups is 2. The van der Waals surface area contributed by atoms with Crippen LogP contribution in [0.5, 0.6) is 0 Å². The van der Waals surface area contributed by atoms with Crippen LogP contribution in [0.4, 0.5) is 11.4 Å². The smallest absolute Gasteiger partial charge is 0.249 e. The van der Waals surface area contributed by atoms with Crippen molar-refractivity contribution in [3.63, 3.8) is 0 Å². The maximum absolute atomic E-state index is 12.1. The molecule has 2 aromatic carbocycles. The highest BCUT2D eigenvalue weighted by Crippen LogP contribution is 2.32. The van der Waals surface area contributed by atoms with Gasteiger partial charge >= 0.3 is 0 Å². The van der Waals surface area contributed by atoms with Crippen molar-refractivity contribution in [1.29, 1.82) is 0 Å². The molecule has 0 aromatic heterocycles. The number of amidine groups is 1. The number of aliphatic imine (C=N–C) groups is 1. The first-order valence-corrected chi connectivity index (χ1v) is 7.96. The minimum atomic E-state index is -1.44. The molecule has 2 aromatic rings. The van der Waals surface area contributed by atoms with Crippen LogP contribution in [-0.4, -0.2) is 17.7 Å². The molecular weight excluding hydrogens is 330 g/mol. The summed E-state index contributed by atoms with van der Waals surface area (Å²) in [6.45, 7) is 1.89. The van der Waals surface area contributed by atoms with Gasteiger partial charge in [0.1, 0.15) is 5.84 Å². The molecule has 1 aliphatic rings. The predicted molar refractivity (Wildman–Crippen MR) is 98.5 cm³/mol. The normalized spacial score (nSPS) is 13.5. The summed E-state index contributed by atoms with van der Waals surface area (Å²) in [7, 11) is 0. The number of aliphatic carboxylic acids is 1. The standard InChI is InChI=1S/C20H17N3O3/c1-13-19(14-7-3-2-4-8-14)20(23-17(24)11-12-18(25)26)22-16-10-6-5-9-15(16)21-13/h2-12,21H,1H3,(H,25,26)(H,22,23,24)/p-1. The van der Waals surface area contributed by atoms with Crippen molar-refractivity contribution in [3.8, 4) is 0 Å². The summed E-state index contributed by atoms with van der Waals surface area (Å²) in [5.74, 6) is -1.71. The van der Waals surface area contributed by atoms with Crippen LogP contribution in [0.3, 0.4) is 0 Å². The van der Waals surface area contributed by atoms with Gasteiger partial charge in [-0.15, -0.1) is 0 Å². The summed E-state index contributed by atoms with van der Waals surface area (Å²) >= 11 is 0. The van der Waals surface area contributed by atoms with E-state index in [4.69, 9.17) is 0 Å². The van der Waals surface area contributed by atoms with Crippen molar-refractivity contribution in [2.75, 3.05) is 5.32 Å². The Hall–Kier alpha value is -3.67. The molecule has 6 nitrogen and oxygen atoms in total. The lowest BCUT2D eigenvalue weighted by molar-refractivity contribution is -0.297. The van der Waals surface area contributed by atoms with Crippen molar-refractivity contribution in [1.82, 2.24) is 5.32 Å². The average Bonchev–Trinajstić information content (AvgIpc) is 2.76. The zero-order valence-corrected chi connectivity index (χ0v) is 14.0. The first-order chi connectivity index (χ1) is 12.5. The van der Waals surface area contributed by atoms with Crippen LogP contribution in [0.25, 0.3) is 5.57 Å². The van der Waals surface area contributed by atoms with Crippen LogP contribution in [0, 0.1) is 0 Å². The largest absolute Gasteiger partial charge is 0.545 e. The number of rotatable bonds is 3. The quantitative estimate of drug-likeness (QED) is 0.831. The number of benzene rings is 2. The van der Waals surface area contributed by atoms with E-state index in [0.717, 1.165) is 28.6 Å². The first-order valence-electron chi connectivity index (χ1n) is 7.96. The van der Waals surface area contributed by atoms with Gasteiger partial charge in [0.2, 0.25) is 5.91 Å². The van der Waals surface area contributed by atoms with Gasteiger partial charge in [-0.3, -0.25) is 4.79 Å². The molecule has 1 amide bonds. The minimum Gasteiger partial charge on any atom is -0.545 e. The Bertz CT molecular complexity index is 944. The molecule has 0 saturated heterocycles. The second-order valence-electron chi connectivity index (χ2n) is 5.61. The molecule has 0 radical (unpaired) electrons. The number of carbonyl (C=O) groups excluding carboxylic acids is 2.